The van der Waals surface area contributed by atoms with E-state index in [0.29, 0.717) is 0 Å². The van der Waals surface area contributed by atoms with Gasteiger partial charge in [-0.2, -0.15) is 0 Å². The average Bonchev–Trinajstić information content (AvgIpc) is 2.53. The number of rotatable bonds is 3. The van der Waals surface area contributed by atoms with Gasteiger partial charge in [-0.25, -0.2) is 0 Å². The molecule has 2 heteroatoms. The zero-order chi connectivity index (χ0) is 10.5. The Kier molecular flexibility index (Phi) is 4.45. The molecule has 0 aromatic rings. The Hall–Kier alpha value is -0.0800. The predicted octanol–water partition coefficient (Wildman–Crippen LogP) is 2.15. The molecule has 2 rings (SSSR count). The topological polar surface area (TPSA) is 24.1 Å². The third-order valence-corrected chi connectivity index (χ3v) is 4.20. The maximum atomic E-state index is 3.79. The molecule has 1 saturated heterocycles. The number of hydrogen-bond donors (Lipinski definition) is 2. The normalized spacial score (nSPS) is 34.2. The molecule has 0 radical (unpaired) electrons. The second kappa shape index (κ2) is 5.86. The van der Waals surface area contributed by atoms with Gasteiger partial charge in [0.05, 0.1) is 0 Å². The molecule has 2 nitrogen and oxygen atoms in total. The van der Waals surface area contributed by atoms with Crippen molar-refractivity contribution in [3.05, 3.63) is 0 Å². The van der Waals surface area contributed by atoms with E-state index in [1.165, 1.54) is 58.2 Å². The first-order valence-corrected chi connectivity index (χ1v) is 6.80. The summed E-state index contributed by atoms with van der Waals surface area (Å²) >= 11 is 0. The van der Waals surface area contributed by atoms with E-state index in [2.05, 4.69) is 17.6 Å². The Balaban J connectivity index is 1.67. The van der Waals surface area contributed by atoms with E-state index in [4.69, 9.17) is 0 Å². The fourth-order valence-corrected chi connectivity index (χ4v) is 2.94. The molecule has 0 spiro atoms. The van der Waals surface area contributed by atoms with Crippen molar-refractivity contribution in [2.45, 2.75) is 51.5 Å². The van der Waals surface area contributed by atoms with Crippen LogP contribution in [0, 0.1) is 11.8 Å². The van der Waals surface area contributed by atoms with Gasteiger partial charge in [-0.05, 0) is 44.3 Å². The second-order valence-corrected chi connectivity index (χ2v) is 5.49. The summed E-state index contributed by atoms with van der Waals surface area (Å²) in [5.74, 6) is 1.73. The van der Waals surface area contributed by atoms with Gasteiger partial charge in [0.15, 0.2) is 0 Å². The Bertz CT molecular complexity index is 173. The smallest absolute Gasteiger partial charge is 0.00671 e. The largest absolute Gasteiger partial charge is 0.316 e. The highest BCUT2D eigenvalue weighted by Crippen LogP contribution is 2.19. The standard InChI is InChI=1S/C13H26N2/c1-11-8-14-9-12(11)10-15-13-6-4-2-3-5-7-13/h11-15H,2-10H2,1H3/t11-,12+/m1/s1. The summed E-state index contributed by atoms with van der Waals surface area (Å²) in [6, 6.07) is 0.820. The first-order valence-electron chi connectivity index (χ1n) is 6.80. The van der Waals surface area contributed by atoms with Crippen molar-refractivity contribution in [2.75, 3.05) is 19.6 Å². The minimum Gasteiger partial charge on any atom is -0.316 e. The highest BCUT2D eigenvalue weighted by atomic mass is 15.0. The molecule has 2 N–H and O–H groups in total. The first kappa shape index (κ1) is 11.4. The molecule has 0 bridgehead atoms. The van der Waals surface area contributed by atoms with Crippen molar-refractivity contribution in [2.24, 2.45) is 11.8 Å². The van der Waals surface area contributed by atoms with Gasteiger partial charge in [0.1, 0.15) is 0 Å². The molecule has 88 valence electrons. The highest BCUT2D eigenvalue weighted by Gasteiger charge is 2.23. The van der Waals surface area contributed by atoms with Crippen molar-refractivity contribution in [3.63, 3.8) is 0 Å². The molecule has 0 aromatic heterocycles. The Labute approximate surface area is 94.2 Å². The minimum absolute atomic E-state index is 0.820. The maximum absolute atomic E-state index is 3.79. The lowest BCUT2D eigenvalue weighted by Gasteiger charge is -2.21. The van der Waals surface area contributed by atoms with E-state index in [1.807, 2.05) is 0 Å². The molecule has 0 amide bonds. The van der Waals surface area contributed by atoms with Crippen molar-refractivity contribution in [1.29, 1.82) is 0 Å². The van der Waals surface area contributed by atoms with E-state index in [1.54, 1.807) is 0 Å². The molecule has 1 heterocycles. The summed E-state index contributed by atoms with van der Waals surface area (Å²) in [6.45, 7) is 6.05. The molecule has 2 atom stereocenters. The van der Waals surface area contributed by atoms with E-state index >= 15 is 0 Å². The lowest BCUT2D eigenvalue weighted by Crippen LogP contribution is -2.35. The van der Waals surface area contributed by atoms with Gasteiger partial charge in [-0.15, -0.1) is 0 Å². The third-order valence-electron chi connectivity index (χ3n) is 4.20. The van der Waals surface area contributed by atoms with Gasteiger partial charge in [0.2, 0.25) is 0 Å². The Morgan fingerprint density at radius 1 is 1.07 bits per heavy atom. The van der Waals surface area contributed by atoms with E-state index in [0.717, 1.165) is 17.9 Å². The van der Waals surface area contributed by atoms with Crippen molar-refractivity contribution >= 4 is 0 Å². The summed E-state index contributed by atoms with van der Waals surface area (Å²) in [4.78, 5) is 0. The highest BCUT2D eigenvalue weighted by molar-refractivity contribution is 4.81. The lowest BCUT2D eigenvalue weighted by molar-refractivity contribution is 0.370. The van der Waals surface area contributed by atoms with Gasteiger partial charge >= 0.3 is 0 Å². The summed E-state index contributed by atoms with van der Waals surface area (Å²) in [6.07, 6.45) is 8.62. The van der Waals surface area contributed by atoms with Gasteiger partial charge in [-0.1, -0.05) is 32.6 Å². The first-order chi connectivity index (χ1) is 7.36. The molecule has 1 aliphatic carbocycles. The zero-order valence-electron chi connectivity index (χ0n) is 10.1. The van der Waals surface area contributed by atoms with Crippen molar-refractivity contribution < 1.29 is 0 Å². The van der Waals surface area contributed by atoms with Gasteiger partial charge in [0, 0.05) is 6.04 Å². The van der Waals surface area contributed by atoms with Crippen LogP contribution in [0.25, 0.3) is 0 Å². The fourth-order valence-electron chi connectivity index (χ4n) is 2.94. The number of hydrogen-bond acceptors (Lipinski definition) is 2. The molecule has 2 fully saturated rings. The molecule has 0 aromatic carbocycles. The molecular formula is C13H26N2. The SMILES string of the molecule is C[C@@H]1CNC[C@H]1CNC1CCCCCC1. The molecule has 1 saturated carbocycles. The quantitative estimate of drug-likeness (QED) is 0.698. The van der Waals surface area contributed by atoms with Crippen LogP contribution in [0.1, 0.15) is 45.4 Å². The van der Waals surface area contributed by atoms with Crippen LogP contribution < -0.4 is 10.6 Å². The van der Waals surface area contributed by atoms with Crippen LogP contribution >= 0.6 is 0 Å². The van der Waals surface area contributed by atoms with Crippen LogP contribution in [-0.2, 0) is 0 Å². The van der Waals surface area contributed by atoms with Gasteiger partial charge < -0.3 is 10.6 Å². The van der Waals surface area contributed by atoms with E-state index < -0.39 is 0 Å². The maximum Gasteiger partial charge on any atom is 0.00671 e. The molecule has 0 unspecified atom stereocenters. The molecule has 2 aliphatic rings. The van der Waals surface area contributed by atoms with Crippen LogP contribution in [0.4, 0.5) is 0 Å². The fraction of sp³-hybridized carbons (Fsp3) is 1.00. The summed E-state index contributed by atoms with van der Waals surface area (Å²) in [5, 5.41) is 7.28. The summed E-state index contributed by atoms with van der Waals surface area (Å²) in [5.41, 5.74) is 0. The van der Waals surface area contributed by atoms with Crippen molar-refractivity contribution in [3.8, 4) is 0 Å². The average molecular weight is 210 g/mol. The summed E-state index contributed by atoms with van der Waals surface area (Å²) in [7, 11) is 0. The van der Waals surface area contributed by atoms with Gasteiger partial charge in [-0.3, -0.25) is 0 Å². The van der Waals surface area contributed by atoms with E-state index in [9.17, 15) is 0 Å². The minimum atomic E-state index is 0.820. The van der Waals surface area contributed by atoms with Crippen LogP contribution in [0.2, 0.25) is 0 Å². The van der Waals surface area contributed by atoms with Crippen LogP contribution in [0.5, 0.6) is 0 Å². The summed E-state index contributed by atoms with van der Waals surface area (Å²) < 4.78 is 0. The molecule has 1 aliphatic heterocycles. The Morgan fingerprint density at radius 3 is 2.40 bits per heavy atom. The zero-order valence-corrected chi connectivity index (χ0v) is 10.1. The van der Waals surface area contributed by atoms with Crippen LogP contribution in [0.3, 0.4) is 0 Å². The third kappa shape index (κ3) is 3.46. The number of nitrogens with one attached hydrogen (secondary N) is 2. The second-order valence-electron chi connectivity index (χ2n) is 5.49. The predicted molar refractivity (Wildman–Crippen MR) is 65.0 cm³/mol. The van der Waals surface area contributed by atoms with Crippen LogP contribution in [0.15, 0.2) is 0 Å². The van der Waals surface area contributed by atoms with Crippen molar-refractivity contribution in [1.82, 2.24) is 10.6 Å². The lowest BCUT2D eigenvalue weighted by atomic mass is 9.97. The Morgan fingerprint density at radius 2 is 1.80 bits per heavy atom. The molecule has 15 heavy (non-hydrogen) atoms. The van der Waals surface area contributed by atoms with Gasteiger partial charge in [0.25, 0.3) is 0 Å². The monoisotopic (exact) mass is 210 g/mol. The molecular weight excluding hydrogens is 184 g/mol. The van der Waals surface area contributed by atoms with E-state index in [-0.39, 0.29) is 0 Å². The van der Waals surface area contributed by atoms with Crippen LogP contribution in [-0.4, -0.2) is 25.7 Å².